The van der Waals surface area contributed by atoms with Crippen molar-refractivity contribution in [2.45, 2.75) is 18.6 Å². The maximum Gasteiger partial charge on any atom is 0.322 e. The lowest BCUT2D eigenvalue weighted by atomic mass is 9.78. The van der Waals surface area contributed by atoms with Gasteiger partial charge in [-0.15, -0.1) is 0 Å². The number of carbonyl (C=O) groups excluding carboxylic acids is 3. The lowest BCUT2D eigenvalue weighted by Crippen LogP contribution is -2.54. The molecule has 25 heavy (non-hydrogen) atoms. The number of fused-ring (bicyclic) bond motifs is 1. The topological polar surface area (TPSA) is 116 Å². The molecule has 3 rings (SSSR count). The third-order valence-electron chi connectivity index (χ3n) is 4.26. The second-order valence-corrected chi connectivity index (χ2v) is 5.72. The standard InChI is InChI=1S/C18H17NO6/c1-24-18(17(19)23)14-13(9-10(25-18)5-4-8-20)15(21)11-6-2-3-7-12(11)16(14)22/h2-3,6-7,9,20H,4-5,8H2,1H3,(H2,19,23). The van der Waals surface area contributed by atoms with Gasteiger partial charge in [-0.3, -0.25) is 14.4 Å². The van der Waals surface area contributed by atoms with E-state index >= 15 is 0 Å². The molecule has 130 valence electrons. The molecular weight excluding hydrogens is 326 g/mol. The molecule has 0 saturated heterocycles. The molecule has 1 heterocycles. The van der Waals surface area contributed by atoms with Crippen molar-refractivity contribution in [2.75, 3.05) is 13.7 Å². The van der Waals surface area contributed by atoms with E-state index in [1.54, 1.807) is 18.2 Å². The van der Waals surface area contributed by atoms with Crippen molar-refractivity contribution in [2.24, 2.45) is 5.73 Å². The normalized spacial score (nSPS) is 22.1. The van der Waals surface area contributed by atoms with Crippen LogP contribution in [-0.4, -0.2) is 42.1 Å². The second-order valence-electron chi connectivity index (χ2n) is 5.72. The summed E-state index contributed by atoms with van der Waals surface area (Å²) in [7, 11) is 1.18. The Bertz CT molecular complexity index is 838. The Morgan fingerprint density at radius 1 is 1.24 bits per heavy atom. The molecule has 1 aromatic carbocycles. The summed E-state index contributed by atoms with van der Waals surface area (Å²) in [4.78, 5) is 38.0. The molecule has 1 aromatic rings. The number of aliphatic hydroxyl groups is 1. The Labute approximate surface area is 143 Å². The van der Waals surface area contributed by atoms with E-state index in [2.05, 4.69) is 0 Å². The van der Waals surface area contributed by atoms with Crippen molar-refractivity contribution in [3.63, 3.8) is 0 Å². The maximum atomic E-state index is 12.9. The molecule has 0 spiro atoms. The number of Topliss-reactive ketones (excluding diaryl/α,β-unsaturated/α-hetero) is 2. The summed E-state index contributed by atoms with van der Waals surface area (Å²) < 4.78 is 10.8. The molecule has 0 radical (unpaired) electrons. The number of primary amides is 1. The number of ether oxygens (including phenoxy) is 2. The molecule has 2 aliphatic rings. The van der Waals surface area contributed by atoms with E-state index in [1.807, 2.05) is 0 Å². The monoisotopic (exact) mass is 343 g/mol. The van der Waals surface area contributed by atoms with Crippen molar-refractivity contribution in [3.05, 3.63) is 58.4 Å². The number of benzene rings is 1. The van der Waals surface area contributed by atoms with Crippen LogP contribution in [0.5, 0.6) is 0 Å². The zero-order valence-corrected chi connectivity index (χ0v) is 13.6. The molecule has 0 fully saturated rings. The number of carbonyl (C=O) groups is 3. The molecule has 1 amide bonds. The van der Waals surface area contributed by atoms with Crippen molar-refractivity contribution < 1.29 is 29.0 Å². The molecule has 1 unspecified atom stereocenters. The van der Waals surface area contributed by atoms with Gasteiger partial charge < -0.3 is 20.3 Å². The number of rotatable bonds is 5. The van der Waals surface area contributed by atoms with E-state index < -0.39 is 23.3 Å². The zero-order valence-electron chi connectivity index (χ0n) is 13.6. The van der Waals surface area contributed by atoms with Crippen LogP contribution in [0.1, 0.15) is 33.6 Å². The van der Waals surface area contributed by atoms with Gasteiger partial charge in [-0.05, 0) is 12.5 Å². The maximum absolute atomic E-state index is 12.9. The molecule has 3 N–H and O–H groups in total. The zero-order chi connectivity index (χ0) is 18.2. The van der Waals surface area contributed by atoms with E-state index in [0.717, 1.165) is 0 Å². The first-order valence-electron chi connectivity index (χ1n) is 7.75. The van der Waals surface area contributed by atoms with Crippen LogP contribution in [0.25, 0.3) is 0 Å². The molecular formula is C18H17NO6. The number of methoxy groups -OCH3 is 1. The van der Waals surface area contributed by atoms with E-state index in [4.69, 9.17) is 20.3 Å². The van der Waals surface area contributed by atoms with Gasteiger partial charge >= 0.3 is 5.79 Å². The predicted octanol–water partition coefficient (Wildman–Crippen LogP) is 0.877. The molecule has 0 bridgehead atoms. The van der Waals surface area contributed by atoms with Gasteiger partial charge in [0.25, 0.3) is 5.91 Å². The third-order valence-corrected chi connectivity index (χ3v) is 4.26. The summed E-state index contributed by atoms with van der Waals surface area (Å²) in [6, 6.07) is 6.34. The molecule has 0 saturated carbocycles. The molecule has 7 nitrogen and oxygen atoms in total. The van der Waals surface area contributed by atoms with Gasteiger partial charge in [0.1, 0.15) is 5.76 Å². The minimum atomic E-state index is -2.17. The molecule has 7 heteroatoms. The lowest BCUT2D eigenvalue weighted by molar-refractivity contribution is -0.186. The Kier molecular flexibility index (Phi) is 4.28. The summed E-state index contributed by atoms with van der Waals surface area (Å²) in [6.07, 6.45) is 2.03. The molecule has 1 aliphatic carbocycles. The van der Waals surface area contributed by atoms with E-state index in [1.165, 1.54) is 19.3 Å². The van der Waals surface area contributed by atoms with Crippen LogP contribution < -0.4 is 5.73 Å². The van der Waals surface area contributed by atoms with Crippen LogP contribution >= 0.6 is 0 Å². The van der Waals surface area contributed by atoms with Crippen molar-refractivity contribution in [3.8, 4) is 0 Å². The second kappa shape index (κ2) is 6.27. The summed E-state index contributed by atoms with van der Waals surface area (Å²) in [5.74, 6) is -3.90. The highest BCUT2D eigenvalue weighted by Crippen LogP contribution is 2.41. The first-order chi connectivity index (χ1) is 12.0. The quantitative estimate of drug-likeness (QED) is 0.820. The molecule has 1 atom stereocenters. The summed E-state index contributed by atoms with van der Waals surface area (Å²) >= 11 is 0. The Balaban J connectivity index is 2.24. The van der Waals surface area contributed by atoms with Crippen LogP contribution in [0.4, 0.5) is 0 Å². The fourth-order valence-corrected chi connectivity index (χ4v) is 3.08. The van der Waals surface area contributed by atoms with Crippen LogP contribution in [0.15, 0.2) is 47.2 Å². The Hall–Kier alpha value is -2.77. The summed E-state index contributed by atoms with van der Waals surface area (Å²) in [5, 5.41) is 9.01. The average Bonchev–Trinajstić information content (AvgIpc) is 2.63. The molecule has 1 aliphatic heterocycles. The predicted molar refractivity (Wildman–Crippen MR) is 86.6 cm³/mol. The average molecular weight is 343 g/mol. The van der Waals surface area contributed by atoms with Crippen LogP contribution in [-0.2, 0) is 14.3 Å². The van der Waals surface area contributed by atoms with E-state index in [9.17, 15) is 14.4 Å². The largest absolute Gasteiger partial charge is 0.454 e. The van der Waals surface area contributed by atoms with Crippen molar-refractivity contribution >= 4 is 17.5 Å². The van der Waals surface area contributed by atoms with Crippen molar-refractivity contribution in [1.29, 1.82) is 0 Å². The first kappa shape index (κ1) is 17.1. The number of allylic oxidation sites excluding steroid dienone is 3. The third kappa shape index (κ3) is 2.48. The summed E-state index contributed by atoms with van der Waals surface area (Å²) in [6.45, 7) is -0.0983. The number of amides is 1. The highest BCUT2D eigenvalue weighted by atomic mass is 16.7. The highest BCUT2D eigenvalue weighted by Gasteiger charge is 2.54. The number of hydrogen-bond donors (Lipinski definition) is 2. The van der Waals surface area contributed by atoms with Gasteiger partial charge in [0.15, 0.2) is 11.6 Å². The smallest absolute Gasteiger partial charge is 0.322 e. The SMILES string of the molecule is COC1(C(N)=O)OC(CCCO)=CC2=C1C(=O)c1ccccc1C2=O. The van der Waals surface area contributed by atoms with Gasteiger partial charge in [-0.25, -0.2) is 0 Å². The van der Waals surface area contributed by atoms with E-state index in [-0.39, 0.29) is 41.1 Å². The summed E-state index contributed by atoms with van der Waals surface area (Å²) in [5.41, 5.74) is 5.72. The van der Waals surface area contributed by atoms with Gasteiger partial charge in [0, 0.05) is 36.8 Å². The first-order valence-corrected chi connectivity index (χ1v) is 7.75. The van der Waals surface area contributed by atoms with Crippen LogP contribution in [0, 0.1) is 0 Å². The lowest BCUT2D eigenvalue weighted by Gasteiger charge is -2.37. The minimum Gasteiger partial charge on any atom is -0.454 e. The van der Waals surface area contributed by atoms with Crippen molar-refractivity contribution in [1.82, 2.24) is 0 Å². The highest BCUT2D eigenvalue weighted by molar-refractivity contribution is 6.30. The van der Waals surface area contributed by atoms with Gasteiger partial charge in [0.2, 0.25) is 0 Å². The van der Waals surface area contributed by atoms with Gasteiger partial charge in [0.05, 0.1) is 5.57 Å². The van der Waals surface area contributed by atoms with Crippen LogP contribution in [0.3, 0.4) is 0 Å². The van der Waals surface area contributed by atoms with Gasteiger partial charge in [-0.1, -0.05) is 24.3 Å². The Morgan fingerprint density at radius 2 is 1.88 bits per heavy atom. The minimum absolute atomic E-state index is 0.0311. The number of hydrogen-bond acceptors (Lipinski definition) is 6. The number of aliphatic hydroxyl groups excluding tert-OH is 1. The van der Waals surface area contributed by atoms with Gasteiger partial charge in [-0.2, -0.15) is 0 Å². The Morgan fingerprint density at radius 3 is 2.44 bits per heavy atom. The number of nitrogens with two attached hydrogens (primary N) is 1. The fourth-order valence-electron chi connectivity index (χ4n) is 3.08. The fraction of sp³-hybridized carbons (Fsp3) is 0.278. The molecule has 0 aromatic heterocycles. The van der Waals surface area contributed by atoms with E-state index in [0.29, 0.717) is 6.42 Å². The number of ketones is 2. The van der Waals surface area contributed by atoms with Crippen LogP contribution in [0.2, 0.25) is 0 Å².